The average molecular weight is 358 g/mol. The summed E-state index contributed by atoms with van der Waals surface area (Å²) in [5.41, 5.74) is 1.50. The number of nitrogens with zero attached hydrogens (tertiary/aromatic N) is 1. The predicted molar refractivity (Wildman–Crippen MR) is 84.8 cm³/mol. The Bertz CT molecular complexity index is 702. The van der Waals surface area contributed by atoms with Gasteiger partial charge in [0, 0.05) is 18.6 Å². The van der Waals surface area contributed by atoms with Crippen molar-refractivity contribution in [2.24, 2.45) is 0 Å². The summed E-state index contributed by atoms with van der Waals surface area (Å²) < 4.78 is 40.1. The van der Waals surface area contributed by atoms with E-state index in [1.807, 2.05) is 6.07 Å². The first-order chi connectivity index (χ1) is 11.2. The fourth-order valence-electron chi connectivity index (χ4n) is 2.12. The predicted octanol–water partition coefficient (Wildman–Crippen LogP) is 4.44. The third-order valence-electron chi connectivity index (χ3n) is 3.25. The van der Waals surface area contributed by atoms with E-state index in [2.05, 4.69) is 4.74 Å². The standard InChI is InChI=1S/C17H15ClF3NO2/c1-22(11-13-3-2-4-14(18)9-13)16(23)10-12-5-7-15(8-6-12)24-17(19,20)21/h2-9H,10-11H2,1H3. The zero-order chi connectivity index (χ0) is 17.7. The van der Waals surface area contributed by atoms with E-state index in [4.69, 9.17) is 11.6 Å². The maximum absolute atomic E-state index is 12.2. The Morgan fingerprint density at radius 1 is 1.12 bits per heavy atom. The van der Waals surface area contributed by atoms with Gasteiger partial charge in [0.1, 0.15) is 5.75 Å². The van der Waals surface area contributed by atoms with E-state index >= 15 is 0 Å². The second kappa shape index (κ2) is 7.57. The van der Waals surface area contributed by atoms with Crippen LogP contribution in [-0.2, 0) is 17.8 Å². The van der Waals surface area contributed by atoms with Gasteiger partial charge in [-0.1, -0.05) is 35.9 Å². The monoisotopic (exact) mass is 357 g/mol. The van der Waals surface area contributed by atoms with Crippen molar-refractivity contribution in [2.75, 3.05) is 7.05 Å². The van der Waals surface area contributed by atoms with Gasteiger partial charge in [-0.25, -0.2) is 0 Å². The van der Waals surface area contributed by atoms with Crippen LogP contribution in [0.25, 0.3) is 0 Å². The molecule has 0 N–H and O–H groups in total. The molecule has 0 saturated carbocycles. The molecule has 0 spiro atoms. The maximum Gasteiger partial charge on any atom is 0.573 e. The highest BCUT2D eigenvalue weighted by molar-refractivity contribution is 6.30. The molecule has 0 fully saturated rings. The summed E-state index contributed by atoms with van der Waals surface area (Å²) in [6.07, 6.45) is -4.64. The van der Waals surface area contributed by atoms with Gasteiger partial charge in [-0.3, -0.25) is 4.79 Å². The number of hydrogen-bond acceptors (Lipinski definition) is 2. The van der Waals surface area contributed by atoms with E-state index in [-0.39, 0.29) is 18.1 Å². The number of carbonyl (C=O) groups is 1. The molecular weight excluding hydrogens is 343 g/mol. The number of alkyl halides is 3. The quantitative estimate of drug-likeness (QED) is 0.791. The van der Waals surface area contributed by atoms with Gasteiger partial charge in [0.15, 0.2) is 0 Å². The van der Waals surface area contributed by atoms with Gasteiger partial charge in [-0.05, 0) is 35.4 Å². The van der Waals surface area contributed by atoms with Crippen molar-refractivity contribution < 1.29 is 22.7 Å². The summed E-state index contributed by atoms with van der Waals surface area (Å²) in [4.78, 5) is 13.7. The Kier molecular flexibility index (Phi) is 5.72. The number of benzene rings is 2. The normalized spacial score (nSPS) is 11.2. The number of ether oxygens (including phenoxy) is 1. The van der Waals surface area contributed by atoms with Crippen LogP contribution in [0.4, 0.5) is 13.2 Å². The minimum absolute atomic E-state index is 0.0867. The molecule has 1 amide bonds. The van der Waals surface area contributed by atoms with E-state index < -0.39 is 6.36 Å². The van der Waals surface area contributed by atoms with Gasteiger partial charge in [-0.2, -0.15) is 0 Å². The molecule has 0 saturated heterocycles. The molecule has 2 rings (SSSR count). The van der Waals surface area contributed by atoms with Crippen LogP contribution in [0.5, 0.6) is 5.75 Å². The minimum Gasteiger partial charge on any atom is -0.406 e. The fourth-order valence-corrected chi connectivity index (χ4v) is 2.33. The molecule has 128 valence electrons. The number of hydrogen-bond donors (Lipinski definition) is 0. The Balaban J connectivity index is 1.93. The molecule has 7 heteroatoms. The third kappa shape index (κ3) is 5.77. The SMILES string of the molecule is CN(Cc1cccc(Cl)c1)C(=O)Cc1ccc(OC(F)(F)F)cc1. The van der Waals surface area contributed by atoms with Crippen molar-refractivity contribution >= 4 is 17.5 Å². The fraction of sp³-hybridized carbons (Fsp3) is 0.235. The Morgan fingerprint density at radius 2 is 1.79 bits per heavy atom. The van der Waals surface area contributed by atoms with Crippen LogP contribution < -0.4 is 4.74 Å². The first kappa shape index (κ1) is 18.1. The number of carbonyl (C=O) groups excluding carboxylic acids is 1. The summed E-state index contributed by atoms with van der Waals surface area (Å²) >= 11 is 5.90. The Labute approximate surface area is 142 Å². The third-order valence-corrected chi connectivity index (χ3v) is 3.48. The van der Waals surface area contributed by atoms with E-state index in [0.29, 0.717) is 17.1 Å². The molecule has 3 nitrogen and oxygen atoms in total. The largest absolute Gasteiger partial charge is 0.573 e. The van der Waals surface area contributed by atoms with Crippen molar-refractivity contribution in [2.45, 2.75) is 19.3 Å². The summed E-state index contributed by atoms with van der Waals surface area (Å²) in [5, 5.41) is 0.591. The van der Waals surface area contributed by atoms with Crippen LogP contribution >= 0.6 is 11.6 Å². The minimum atomic E-state index is -4.73. The molecule has 0 aromatic heterocycles. The lowest BCUT2D eigenvalue weighted by atomic mass is 10.1. The molecule has 0 radical (unpaired) electrons. The van der Waals surface area contributed by atoms with E-state index in [1.165, 1.54) is 29.2 Å². The van der Waals surface area contributed by atoms with E-state index in [0.717, 1.165) is 5.56 Å². The highest BCUT2D eigenvalue weighted by atomic mass is 35.5. The van der Waals surface area contributed by atoms with Gasteiger partial charge in [-0.15, -0.1) is 13.2 Å². The van der Waals surface area contributed by atoms with Gasteiger partial charge in [0.25, 0.3) is 0 Å². The molecule has 0 unspecified atom stereocenters. The molecule has 0 bridgehead atoms. The Morgan fingerprint density at radius 3 is 2.38 bits per heavy atom. The summed E-state index contributed by atoms with van der Waals surface area (Å²) in [7, 11) is 1.66. The number of halogens is 4. The van der Waals surface area contributed by atoms with Crippen LogP contribution in [0, 0.1) is 0 Å². The molecule has 2 aromatic carbocycles. The topological polar surface area (TPSA) is 29.5 Å². The van der Waals surface area contributed by atoms with Crippen LogP contribution in [0.3, 0.4) is 0 Å². The highest BCUT2D eigenvalue weighted by Gasteiger charge is 2.30. The Hall–Kier alpha value is -2.21. The molecule has 0 atom stereocenters. The smallest absolute Gasteiger partial charge is 0.406 e. The highest BCUT2D eigenvalue weighted by Crippen LogP contribution is 2.23. The van der Waals surface area contributed by atoms with E-state index in [9.17, 15) is 18.0 Å². The van der Waals surface area contributed by atoms with Crippen LogP contribution in [0.2, 0.25) is 5.02 Å². The lowest BCUT2D eigenvalue weighted by Crippen LogP contribution is -2.27. The molecule has 0 aliphatic carbocycles. The van der Waals surface area contributed by atoms with Gasteiger partial charge >= 0.3 is 6.36 Å². The number of likely N-dealkylation sites (N-methyl/N-ethyl adjacent to an activating group) is 1. The molecule has 0 aliphatic heterocycles. The lowest BCUT2D eigenvalue weighted by Gasteiger charge is -2.17. The molecule has 0 heterocycles. The van der Waals surface area contributed by atoms with Crippen molar-refractivity contribution in [3.63, 3.8) is 0 Å². The first-order valence-corrected chi connectivity index (χ1v) is 7.44. The molecular formula is C17H15ClF3NO2. The zero-order valence-electron chi connectivity index (χ0n) is 12.8. The molecule has 24 heavy (non-hydrogen) atoms. The summed E-state index contributed by atoms with van der Waals surface area (Å²) in [6, 6.07) is 12.4. The van der Waals surface area contributed by atoms with Gasteiger partial charge in [0.2, 0.25) is 5.91 Å². The first-order valence-electron chi connectivity index (χ1n) is 7.06. The second-order valence-electron chi connectivity index (χ2n) is 5.25. The second-order valence-corrected chi connectivity index (χ2v) is 5.68. The van der Waals surface area contributed by atoms with Crippen molar-refractivity contribution in [3.8, 4) is 5.75 Å². The van der Waals surface area contributed by atoms with Gasteiger partial charge < -0.3 is 9.64 Å². The molecule has 2 aromatic rings. The van der Waals surface area contributed by atoms with Crippen molar-refractivity contribution in [1.82, 2.24) is 4.90 Å². The summed E-state index contributed by atoms with van der Waals surface area (Å²) in [5.74, 6) is -0.467. The van der Waals surface area contributed by atoms with Crippen molar-refractivity contribution in [1.29, 1.82) is 0 Å². The zero-order valence-corrected chi connectivity index (χ0v) is 13.6. The average Bonchev–Trinajstić information content (AvgIpc) is 2.47. The summed E-state index contributed by atoms with van der Waals surface area (Å²) in [6.45, 7) is 0.397. The lowest BCUT2D eigenvalue weighted by molar-refractivity contribution is -0.274. The molecule has 0 aliphatic rings. The number of rotatable bonds is 5. The van der Waals surface area contributed by atoms with Gasteiger partial charge in [0.05, 0.1) is 6.42 Å². The van der Waals surface area contributed by atoms with Crippen molar-refractivity contribution in [3.05, 3.63) is 64.7 Å². The van der Waals surface area contributed by atoms with Crippen LogP contribution in [0.15, 0.2) is 48.5 Å². The number of amides is 1. The van der Waals surface area contributed by atoms with E-state index in [1.54, 1.807) is 25.2 Å². The van der Waals surface area contributed by atoms with Crippen LogP contribution in [0.1, 0.15) is 11.1 Å². The maximum atomic E-state index is 12.2. The van der Waals surface area contributed by atoms with Crippen LogP contribution in [-0.4, -0.2) is 24.2 Å².